The number of rotatable bonds is 0. The molecule has 1 heterocycles. The summed E-state index contributed by atoms with van der Waals surface area (Å²) in [6, 6.07) is 4.90. The van der Waals surface area contributed by atoms with Crippen LogP contribution in [0.15, 0.2) is 23.8 Å². The summed E-state index contributed by atoms with van der Waals surface area (Å²) in [6.07, 6.45) is 0.234. The Labute approximate surface area is 84.9 Å². The third-order valence-corrected chi connectivity index (χ3v) is 2.20. The molecule has 1 aromatic carbocycles. The Balaban J connectivity index is 2.51. The van der Waals surface area contributed by atoms with Crippen LogP contribution in [0.2, 0.25) is 5.02 Å². The van der Waals surface area contributed by atoms with E-state index in [4.69, 9.17) is 16.3 Å². The van der Waals surface area contributed by atoms with Gasteiger partial charge in [0.15, 0.2) is 0 Å². The SMILES string of the molecule is O=C=C1Cc2cc(Cl)ccc2OC1=O. The van der Waals surface area contributed by atoms with Gasteiger partial charge in [-0.3, -0.25) is 0 Å². The zero-order chi connectivity index (χ0) is 10.1. The van der Waals surface area contributed by atoms with E-state index in [0.29, 0.717) is 10.8 Å². The van der Waals surface area contributed by atoms with Gasteiger partial charge in [0.05, 0.1) is 0 Å². The minimum atomic E-state index is -0.630. The molecule has 14 heavy (non-hydrogen) atoms. The third kappa shape index (κ3) is 1.43. The lowest BCUT2D eigenvalue weighted by molar-refractivity contribution is -0.130. The molecule has 0 amide bonds. The molecule has 0 fully saturated rings. The smallest absolute Gasteiger partial charge is 0.350 e. The molecule has 0 atom stereocenters. The van der Waals surface area contributed by atoms with Crippen molar-refractivity contribution in [2.24, 2.45) is 0 Å². The van der Waals surface area contributed by atoms with Crippen LogP contribution in [-0.2, 0) is 16.0 Å². The number of carbonyl (C=O) groups excluding carboxylic acids is 2. The first-order chi connectivity index (χ1) is 6.70. The van der Waals surface area contributed by atoms with Crippen molar-refractivity contribution >= 4 is 23.5 Å². The first-order valence-electron chi connectivity index (χ1n) is 3.95. The normalized spacial score (nSPS) is 14.4. The average molecular weight is 209 g/mol. The third-order valence-electron chi connectivity index (χ3n) is 1.96. The fraction of sp³-hybridized carbons (Fsp3) is 0.100. The molecule has 0 unspecified atom stereocenters. The maximum absolute atomic E-state index is 11.1. The van der Waals surface area contributed by atoms with Crippen molar-refractivity contribution in [1.29, 1.82) is 0 Å². The molecule has 0 bridgehead atoms. The van der Waals surface area contributed by atoms with E-state index in [-0.39, 0.29) is 12.0 Å². The van der Waals surface area contributed by atoms with Crippen LogP contribution in [0.3, 0.4) is 0 Å². The molecule has 0 saturated heterocycles. The summed E-state index contributed by atoms with van der Waals surface area (Å²) in [4.78, 5) is 21.5. The van der Waals surface area contributed by atoms with Crippen molar-refractivity contribution in [1.82, 2.24) is 0 Å². The van der Waals surface area contributed by atoms with Crippen molar-refractivity contribution < 1.29 is 14.3 Å². The minimum Gasteiger partial charge on any atom is -0.422 e. The Hall–Kier alpha value is -1.57. The van der Waals surface area contributed by atoms with Gasteiger partial charge in [-0.1, -0.05) is 11.6 Å². The van der Waals surface area contributed by atoms with Gasteiger partial charge in [-0.05, 0) is 18.2 Å². The van der Waals surface area contributed by atoms with E-state index < -0.39 is 5.97 Å². The number of hydrogen-bond acceptors (Lipinski definition) is 3. The van der Waals surface area contributed by atoms with Gasteiger partial charge in [-0.15, -0.1) is 0 Å². The monoisotopic (exact) mass is 208 g/mol. The van der Waals surface area contributed by atoms with Gasteiger partial charge in [0.2, 0.25) is 0 Å². The lowest BCUT2D eigenvalue weighted by atomic mass is 10.0. The maximum atomic E-state index is 11.1. The van der Waals surface area contributed by atoms with Crippen LogP contribution >= 0.6 is 11.6 Å². The van der Waals surface area contributed by atoms with Crippen LogP contribution in [-0.4, -0.2) is 11.9 Å². The molecule has 0 spiro atoms. The molecule has 1 aliphatic heterocycles. The first kappa shape index (κ1) is 9.00. The van der Waals surface area contributed by atoms with E-state index in [1.807, 2.05) is 0 Å². The van der Waals surface area contributed by atoms with Gasteiger partial charge in [0.25, 0.3) is 0 Å². The summed E-state index contributed by atoms with van der Waals surface area (Å²) < 4.78 is 4.89. The fourth-order valence-corrected chi connectivity index (χ4v) is 1.48. The summed E-state index contributed by atoms with van der Waals surface area (Å²) in [6.45, 7) is 0. The quantitative estimate of drug-likeness (QED) is 0.281. The Bertz CT molecular complexity index is 458. The molecule has 0 saturated carbocycles. The molecule has 0 aliphatic carbocycles. The van der Waals surface area contributed by atoms with Crippen LogP contribution in [0.5, 0.6) is 5.75 Å². The van der Waals surface area contributed by atoms with Gasteiger partial charge >= 0.3 is 5.97 Å². The second-order valence-corrected chi connectivity index (χ2v) is 3.34. The lowest BCUT2D eigenvalue weighted by Gasteiger charge is -2.15. The van der Waals surface area contributed by atoms with Crippen LogP contribution < -0.4 is 4.74 Å². The van der Waals surface area contributed by atoms with Crippen molar-refractivity contribution in [2.45, 2.75) is 6.42 Å². The lowest BCUT2D eigenvalue weighted by Crippen LogP contribution is -2.19. The number of fused-ring (bicyclic) bond motifs is 1. The zero-order valence-corrected chi connectivity index (χ0v) is 7.80. The van der Waals surface area contributed by atoms with Crippen molar-refractivity contribution in [3.8, 4) is 5.75 Å². The van der Waals surface area contributed by atoms with Gasteiger partial charge < -0.3 is 4.74 Å². The summed E-state index contributed by atoms with van der Waals surface area (Å²) >= 11 is 5.76. The molecular weight excluding hydrogens is 204 g/mol. The van der Waals surface area contributed by atoms with Crippen LogP contribution in [0.4, 0.5) is 0 Å². The average Bonchev–Trinajstić information content (AvgIpc) is 2.17. The van der Waals surface area contributed by atoms with E-state index in [0.717, 1.165) is 5.56 Å². The van der Waals surface area contributed by atoms with Gasteiger partial charge in [0, 0.05) is 17.0 Å². The van der Waals surface area contributed by atoms with Crippen LogP contribution in [0, 0.1) is 0 Å². The molecule has 3 nitrogen and oxygen atoms in total. The van der Waals surface area contributed by atoms with Gasteiger partial charge in [-0.2, -0.15) is 0 Å². The molecule has 1 aromatic rings. The standard InChI is InChI=1S/C10H5ClO3/c11-8-1-2-9-6(4-8)3-7(5-12)10(13)14-9/h1-2,4H,3H2. The Morgan fingerprint density at radius 3 is 2.93 bits per heavy atom. The number of ether oxygens (including phenoxy) is 1. The number of carbonyl (C=O) groups is 1. The van der Waals surface area contributed by atoms with E-state index in [1.54, 1.807) is 24.1 Å². The highest BCUT2D eigenvalue weighted by molar-refractivity contribution is 6.30. The first-order valence-corrected chi connectivity index (χ1v) is 4.33. The Morgan fingerprint density at radius 2 is 2.21 bits per heavy atom. The summed E-state index contributed by atoms with van der Waals surface area (Å²) in [5.41, 5.74) is 0.732. The van der Waals surface area contributed by atoms with E-state index in [2.05, 4.69) is 0 Å². The van der Waals surface area contributed by atoms with Crippen molar-refractivity contribution in [3.05, 3.63) is 34.4 Å². The molecular formula is C10H5ClO3. The summed E-state index contributed by atoms with van der Waals surface area (Å²) in [7, 11) is 0. The molecule has 2 rings (SSSR count). The predicted molar refractivity (Wildman–Crippen MR) is 50.0 cm³/mol. The highest BCUT2D eigenvalue weighted by atomic mass is 35.5. The van der Waals surface area contributed by atoms with E-state index in [1.165, 1.54) is 0 Å². The van der Waals surface area contributed by atoms with E-state index >= 15 is 0 Å². The van der Waals surface area contributed by atoms with Gasteiger partial charge in [-0.25, -0.2) is 9.59 Å². The van der Waals surface area contributed by atoms with Gasteiger partial charge in [0.1, 0.15) is 17.3 Å². The predicted octanol–water partition coefficient (Wildman–Crippen LogP) is 1.56. The summed E-state index contributed by atoms with van der Waals surface area (Å²) in [5, 5.41) is 0.548. The van der Waals surface area contributed by atoms with Crippen LogP contribution in [0.25, 0.3) is 0 Å². The molecule has 1 aliphatic rings. The second kappa shape index (κ2) is 3.29. The zero-order valence-electron chi connectivity index (χ0n) is 7.04. The highest BCUT2D eigenvalue weighted by Gasteiger charge is 2.23. The highest BCUT2D eigenvalue weighted by Crippen LogP contribution is 2.29. The topological polar surface area (TPSA) is 43.4 Å². The molecule has 0 aromatic heterocycles. The maximum Gasteiger partial charge on any atom is 0.350 e. The molecule has 0 N–H and O–H groups in total. The molecule has 70 valence electrons. The van der Waals surface area contributed by atoms with Crippen molar-refractivity contribution in [2.75, 3.05) is 0 Å². The van der Waals surface area contributed by atoms with E-state index in [9.17, 15) is 9.59 Å². The molecule has 4 heteroatoms. The van der Waals surface area contributed by atoms with Crippen molar-refractivity contribution in [3.63, 3.8) is 0 Å². The number of benzene rings is 1. The largest absolute Gasteiger partial charge is 0.422 e. The second-order valence-electron chi connectivity index (χ2n) is 2.90. The van der Waals surface area contributed by atoms with Crippen LogP contribution in [0.1, 0.15) is 5.56 Å². The Kier molecular flexibility index (Phi) is 2.12. The summed E-state index contributed by atoms with van der Waals surface area (Å²) in [5.74, 6) is 1.39. The fourth-order valence-electron chi connectivity index (χ4n) is 1.29. The Morgan fingerprint density at radius 1 is 1.43 bits per heavy atom. The number of hydrogen-bond donors (Lipinski definition) is 0. The number of halogens is 1. The minimum absolute atomic E-state index is 0.000216. The number of esters is 1. The molecule has 0 radical (unpaired) electrons.